The van der Waals surface area contributed by atoms with E-state index in [2.05, 4.69) is 0 Å². The molecule has 0 aliphatic rings. The summed E-state index contributed by atoms with van der Waals surface area (Å²) in [4.78, 5) is 25.8. The van der Waals surface area contributed by atoms with E-state index in [1.165, 1.54) is 0 Å². The summed E-state index contributed by atoms with van der Waals surface area (Å²) in [6.45, 7) is 7.58. The Morgan fingerprint density at radius 2 is 1.25 bits per heavy atom. The highest BCUT2D eigenvalue weighted by Crippen LogP contribution is 2.25. The van der Waals surface area contributed by atoms with Gasteiger partial charge >= 0.3 is 11.9 Å². The minimum absolute atomic E-state index is 0.196. The first-order chi connectivity index (χ1) is 13.4. The van der Waals surface area contributed by atoms with Crippen LogP contribution in [0, 0.1) is 27.7 Å². The maximum absolute atomic E-state index is 12.9. The fraction of sp³-hybridized carbons (Fsp3) is 0.167. The van der Waals surface area contributed by atoms with Gasteiger partial charge in [0.05, 0.1) is 11.1 Å². The van der Waals surface area contributed by atoms with E-state index < -0.39 is 11.9 Å². The second-order valence-corrected chi connectivity index (χ2v) is 6.77. The molecule has 4 nitrogen and oxygen atoms in total. The lowest BCUT2D eigenvalue weighted by Gasteiger charge is -2.16. The molecule has 0 saturated heterocycles. The van der Waals surface area contributed by atoms with Crippen molar-refractivity contribution in [3.8, 4) is 11.5 Å². The topological polar surface area (TPSA) is 52.6 Å². The Labute approximate surface area is 164 Å². The molecule has 0 bridgehead atoms. The predicted octanol–water partition coefficient (Wildman–Crippen LogP) is 5.36. The molecule has 0 heterocycles. The van der Waals surface area contributed by atoms with Gasteiger partial charge in [-0.05, 0) is 74.7 Å². The molecule has 0 aromatic heterocycles. The van der Waals surface area contributed by atoms with Gasteiger partial charge in [0, 0.05) is 0 Å². The van der Waals surface area contributed by atoms with E-state index in [4.69, 9.17) is 9.47 Å². The number of esters is 2. The van der Waals surface area contributed by atoms with Gasteiger partial charge in [0.1, 0.15) is 11.5 Å². The molecule has 3 aromatic rings. The first-order valence-corrected chi connectivity index (χ1v) is 9.03. The number of aryl methyl sites for hydroxylation is 2. The Hall–Kier alpha value is -3.40. The number of benzene rings is 3. The average Bonchev–Trinajstić information content (AvgIpc) is 2.68. The molecule has 3 aromatic carbocycles. The normalized spacial score (nSPS) is 10.4. The van der Waals surface area contributed by atoms with Crippen molar-refractivity contribution in [2.45, 2.75) is 27.7 Å². The fourth-order valence-electron chi connectivity index (χ4n) is 2.92. The van der Waals surface area contributed by atoms with Crippen LogP contribution in [0.4, 0.5) is 0 Å². The van der Waals surface area contributed by atoms with Crippen molar-refractivity contribution >= 4 is 11.9 Å². The minimum atomic E-state index is -0.590. The molecule has 0 fully saturated rings. The van der Waals surface area contributed by atoms with Gasteiger partial charge in [-0.25, -0.2) is 9.59 Å². The maximum Gasteiger partial charge on any atom is 0.344 e. The molecule has 4 heteroatoms. The fourth-order valence-corrected chi connectivity index (χ4v) is 2.92. The molecule has 28 heavy (non-hydrogen) atoms. The second kappa shape index (κ2) is 8.09. The lowest BCUT2D eigenvalue weighted by molar-refractivity contribution is 0.0691. The number of para-hydroxylation sites is 1. The summed E-state index contributed by atoms with van der Waals surface area (Å²) < 4.78 is 11.0. The van der Waals surface area contributed by atoms with Crippen LogP contribution >= 0.6 is 0 Å². The quantitative estimate of drug-likeness (QED) is 0.456. The lowest BCUT2D eigenvalue weighted by atomic mass is 9.93. The van der Waals surface area contributed by atoms with Gasteiger partial charge < -0.3 is 9.47 Å². The largest absolute Gasteiger partial charge is 0.423 e. The lowest BCUT2D eigenvalue weighted by Crippen LogP contribution is -2.20. The van der Waals surface area contributed by atoms with Crippen molar-refractivity contribution in [1.29, 1.82) is 0 Å². The van der Waals surface area contributed by atoms with Gasteiger partial charge in [-0.2, -0.15) is 0 Å². The van der Waals surface area contributed by atoms with Crippen LogP contribution in [0.5, 0.6) is 11.5 Å². The molecule has 0 saturated carbocycles. The van der Waals surface area contributed by atoms with Crippen molar-refractivity contribution in [1.82, 2.24) is 0 Å². The summed E-state index contributed by atoms with van der Waals surface area (Å²) in [5.74, 6) is -0.324. The highest BCUT2D eigenvalue weighted by atomic mass is 16.5. The number of rotatable bonds is 4. The Balaban J connectivity index is 1.98. The molecule has 0 spiro atoms. The summed E-state index contributed by atoms with van der Waals surface area (Å²) in [5.41, 5.74) is 4.04. The summed E-state index contributed by atoms with van der Waals surface area (Å²) in [6.07, 6.45) is 0. The van der Waals surface area contributed by atoms with Crippen LogP contribution in [0.2, 0.25) is 0 Å². The highest BCUT2D eigenvalue weighted by molar-refractivity contribution is 6.06. The minimum Gasteiger partial charge on any atom is -0.423 e. The van der Waals surface area contributed by atoms with Gasteiger partial charge in [0.25, 0.3) is 0 Å². The van der Waals surface area contributed by atoms with Crippen molar-refractivity contribution in [2.75, 3.05) is 0 Å². The Morgan fingerprint density at radius 1 is 0.679 bits per heavy atom. The molecular weight excluding hydrogens is 352 g/mol. The van der Waals surface area contributed by atoms with E-state index in [-0.39, 0.29) is 11.1 Å². The van der Waals surface area contributed by atoms with Gasteiger partial charge in [0.15, 0.2) is 0 Å². The molecule has 0 aliphatic carbocycles. The van der Waals surface area contributed by atoms with Crippen LogP contribution in [0.15, 0.2) is 60.7 Å². The maximum atomic E-state index is 12.9. The molecule has 0 aliphatic heterocycles. The summed E-state index contributed by atoms with van der Waals surface area (Å²) in [6, 6.07) is 17.6. The molecule has 0 amide bonds. The van der Waals surface area contributed by atoms with E-state index >= 15 is 0 Å². The molecule has 0 atom stereocenters. The first kappa shape index (κ1) is 19.4. The smallest absolute Gasteiger partial charge is 0.344 e. The summed E-state index contributed by atoms with van der Waals surface area (Å²) in [5, 5.41) is 0. The highest BCUT2D eigenvalue weighted by Gasteiger charge is 2.25. The molecule has 3 rings (SSSR count). The van der Waals surface area contributed by atoms with Crippen molar-refractivity contribution in [3.05, 3.63) is 94.0 Å². The first-order valence-electron chi connectivity index (χ1n) is 9.03. The van der Waals surface area contributed by atoms with Gasteiger partial charge in [0.2, 0.25) is 0 Å². The zero-order chi connectivity index (χ0) is 20.3. The summed E-state index contributed by atoms with van der Waals surface area (Å²) in [7, 11) is 0. The second-order valence-electron chi connectivity index (χ2n) is 6.77. The third kappa shape index (κ3) is 4.12. The zero-order valence-corrected chi connectivity index (χ0v) is 16.4. The third-order valence-corrected chi connectivity index (χ3v) is 4.77. The van der Waals surface area contributed by atoms with Crippen LogP contribution < -0.4 is 9.47 Å². The molecular formula is C24H22O4. The van der Waals surface area contributed by atoms with Gasteiger partial charge in [-0.1, -0.05) is 35.9 Å². The Kier molecular flexibility index (Phi) is 5.59. The Bertz CT molecular complexity index is 1020. The van der Waals surface area contributed by atoms with Crippen LogP contribution in [0.1, 0.15) is 43.0 Å². The molecule has 142 valence electrons. The monoisotopic (exact) mass is 374 g/mol. The van der Waals surface area contributed by atoms with E-state index in [1.807, 2.05) is 45.9 Å². The number of hydrogen-bond donors (Lipinski definition) is 0. The zero-order valence-electron chi connectivity index (χ0n) is 16.4. The van der Waals surface area contributed by atoms with Crippen molar-refractivity contribution in [2.24, 2.45) is 0 Å². The summed E-state index contributed by atoms with van der Waals surface area (Å²) >= 11 is 0. The van der Waals surface area contributed by atoms with E-state index in [0.717, 1.165) is 16.7 Å². The third-order valence-electron chi connectivity index (χ3n) is 4.77. The number of carbonyl (C=O) groups excluding carboxylic acids is 2. The number of ether oxygens (including phenoxy) is 2. The van der Waals surface area contributed by atoms with Gasteiger partial charge in [-0.3, -0.25) is 0 Å². The number of carbonyl (C=O) groups is 2. The molecule has 0 unspecified atom stereocenters. The van der Waals surface area contributed by atoms with E-state index in [1.54, 1.807) is 42.5 Å². The molecule has 0 radical (unpaired) electrons. The van der Waals surface area contributed by atoms with E-state index in [0.29, 0.717) is 17.1 Å². The van der Waals surface area contributed by atoms with Gasteiger partial charge in [-0.15, -0.1) is 0 Å². The van der Waals surface area contributed by atoms with Crippen LogP contribution in [-0.2, 0) is 0 Å². The average molecular weight is 374 g/mol. The molecule has 0 N–H and O–H groups in total. The standard InChI is InChI=1S/C24H22O4/c1-15-10-12-20(13-11-15)28-24(26)22-18(4)17(3)16(2)14-21(22)23(25)27-19-8-6-5-7-9-19/h5-14H,1-4H3. The SMILES string of the molecule is Cc1ccc(OC(=O)c2c(C(=O)Oc3ccccc3)cc(C)c(C)c2C)cc1. The predicted molar refractivity (Wildman–Crippen MR) is 108 cm³/mol. The number of hydrogen-bond acceptors (Lipinski definition) is 4. The van der Waals surface area contributed by atoms with Crippen molar-refractivity contribution in [3.63, 3.8) is 0 Å². The van der Waals surface area contributed by atoms with Crippen molar-refractivity contribution < 1.29 is 19.1 Å². The van der Waals surface area contributed by atoms with Crippen LogP contribution in [0.3, 0.4) is 0 Å². The van der Waals surface area contributed by atoms with E-state index in [9.17, 15) is 9.59 Å². The Morgan fingerprint density at radius 3 is 1.89 bits per heavy atom. The van der Waals surface area contributed by atoms with Crippen LogP contribution in [0.25, 0.3) is 0 Å². The van der Waals surface area contributed by atoms with Crippen LogP contribution in [-0.4, -0.2) is 11.9 Å².